The molecule has 4 nitrogen and oxygen atoms in total. The van der Waals surface area contributed by atoms with Crippen molar-refractivity contribution in [3.8, 4) is 0 Å². The number of nitrogens with zero attached hydrogens (tertiary/aromatic N) is 2. The van der Waals surface area contributed by atoms with Gasteiger partial charge < -0.3 is 5.32 Å². The van der Waals surface area contributed by atoms with Crippen LogP contribution in [0.15, 0.2) is 18.3 Å². The number of halogens is 2. The normalized spacial score (nSPS) is 31.3. The maximum Gasteiger partial charge on any atom is 0.252 e. The summed E-state index contributed by atoms with van der Waals surface area (Å²) in [5.41, 5.74) is 2.30. The van der Waals surface area contributed by atoms with Gasteiger partial charge in [-0.15, -0.1) is 0 Å². The largest absolute Gasteiger partial charge is 0.353 e. The Morgan fingerprint density at radius 1 is 1.38 bits per heavy atom. The first kappa shape index (κ1) is 17.8. The first-order valence-electron chi connectivity index (χ1n) is 9.68. The van der Waals surface area contributed by atoms with Crippen LogP contribution < -0.4 is 5.32 Å². The van der Waals surface area contributed by atoms with E-state index >= 15 is 0 Å². The number of aromatic nitrogens is 1. The summed E-state index contributed by atoms with van der Waals surface area (Å²) in [7, 11) is 0. The summed E-state index contributed by atoms with van der Waals surface area (Å²) in [5.74, 6) is -2.62. The van der Waals surface area contributed by atoms with Crippen LogP contribution in [0.3, 0.4) is 0 Å². The highest BCUT2D eigenvalue weighted by Crippen LogP contribution is 2.50. The molecule has 2 heterocycles. The molecule has 0 radical (unpaired) electrons. The molecule has 1 aromatic rings. The smallest absolute Gasteiger partial charge is 0.252 e. The predicted molar refractivity (Wildman–Crippen MR) is 94.8 cm³/mol. The van der Waals surface area contributed by atoms with Crippen molar-refractivity contribution in [1.29, 1.82) is 0 Å². The van der Waals surface area contributed by atoms with Crippen LogP contribution in [0.4, 0.5) is 8.78 Å². The Morgan fingerprint density at radius 3 is 2.92 bits per heavy atom. The van der Waals surface area contributed by atoms with E-state index in [9.17, 15) is 13.6 Å². The fourth-order valence-corrected chi connectivity index (χ4v) is 5.12. The van der Waals surface area contributed by atoms with Crippen LogP contribution in [0.25, 0.3) is 0 Å². The van der Waals surface area contributed by atoms with Crippen molar-refractivity contribution in [3.63, 3.8) is 0 Å². The molecule has 1 saturated heterocycles. The number of alkyl halides is 2. The van der Waals surface area contributed by atoms with Crippen LogP contribution in [0.2, 0.25) is 0 Å². The van der Waals surface area contributed by atoms with Gasteiger partial charge in [0.2, 0.25) is 5.91 Å². The summed E-state index contributed by atoms with van der Waals surface area (Å²) in [4.78, 5) is 19.6. The highest BCUT2D eigenvalue weighted by atomic mass is 19.3. The molecular weight excluding hydrogens is 336 g/mol. The summed E-state index contributed by atoms with van der Waals surface area (Å²) in [5, 5.41) is 2.89. The van der Waals surface area contributed by atoms with E-state index in [0.717, 1.165) is 51.0 Å². The molecule has 1 N–H and O–H groups in total. The minimum Gasteiger partial charge on any atom is -0.353 e. The highest BCUT2D eigenvalue weighted by molar-refractivity contribution is 5.80. The molecule has 4 rings (SSSR count). The van der Waals surface area contributed by atoms with Crippen molar-refractivity contribution in [1.82, 2.24) is 15.2 Å². The van der Waals surface area contributed by atoms with Gasteiger partial charge in [0.25, 0.3) is 5.92 Å². The van der Waals surface area contributed by atoms with Crippen LogP contribution in [0, 0.1) is 18.3 Å². The van der Waals surface area contributed by atoms with Gasteiger partial charge in [0, 0.05) is 44.1 Å². The molecule has 2 atom stereocenters. The van der Waals surface area contributed by atoms with Gasteiger partial charge in [0.05, 0.1) is 5.69 Å². The fourth-order valence-electron chi connectivity index (χ4n) is 5.12. The van der Waals surface area contributed by atoms with Gasteiger partial charge in [0.15, 0.2) is 0 Å². The van der Waals surface area contributed by atoms with Gasteiger partial charge >= 0.3 is 0 Å². The van der Waals surface area contributed by atoms with Crippen molar-refractivity contribution in [2.45, 2.75) is 64.0 Å². The van der Waals surface area contributed by atoms with Crippen LogP contribution >= 0.6 is 0 Å². The quantitative estimate of drug-likeness (QED) is 0.893. The van der Waals surface area contributed by atoms with Gasteiger partial charge in [-0.1, -0.05) is 12.5 Å². The van der Waals surface area contributed by atoms with Gasteiger partial charge in [0.1, 0.15) is 0 Å². The Labute approximate surface area is 153 Å². The van der Waals surface area contributed by atoms with Crippen molar-refractivity contribution in [2.24, 2.45) is 11.3 Å². The van der Waals surface area contributed by atoms with Crippen LogP contribution in [-0.4, -0.2) is 40.8 Å². The number of carbonyl (C=O) groups is 1. The predicted octanol–water partition coefficient (Wildman–Crippen LogP) is 3.30. The lowest BCUT2D eigenvalue weighted by Crippen LogP contribution is -2.53. The lowest BCUT2D eigenvalue weighted by Gasteiger charge is -2.38. The zero-order chi connectivity index (χ0) is 18.4. The SMILES string of the molecule is Cc1cccnc1CN1CCC2(CCCC2C(=O)NC2CC(F)(F)C2)C1. The molecule has 142 valence electrons. The van der Waals surface area contributed by atoms with E-state index < -0.39 is 5.92 Å². The van der Waals surface area contributed by atoms with E-state index in [1.807, 2.05) is 12.3 Å². The second-order valence-electron chi connectivity index (χ2n) is 8.50. The number of aryl methyl sites for hydroxylation is 1. The minimum atomic E-state index is -2.59. The molecule has 2 aliphatic carbocycles. The molecule has 1 aliphatic heterocycles. The second-order valence-corrected chi connectivity index (χ2v) is 8.50. The van der Waals surface area contributed by atoms with Gasteiger partial charge in [-0.05, 0) is 49.8 Å². The van der Waals surface area contributed by atoms with E-state index in [1.54, 1.807) is 0 Å². The second kappa shape index (κ2) is 6.55. The number of hydrogen-bond acceptors (Lipinski definition) is 3. The number of hydrogen-bond donors (Lipinski definition) is 1. The molecule has 3 fully saturated rings. The average molecular weight is 363 g/mol. The molecule has 0 bridgehead atoms. The lowest BCUT2D eigenvalue weighted by molar-refractivity contribution is -0.135. The molecule has 1 amide bonds. The number of nitrogens with one attached hydrogen (secondary N) is 1. The summed E-state index contributed by atoms with van der Waals surface area (Å²) in [6, 6.07) is 3.68. The first-order chi connectivity index (χ1) is 12.4. The van der Waals surface area contributed by atoms with Gasteiger partial charge in [-0.3, -0.25) is 14.7 Å². The maximum atomic E-state index is 13.0. The molecule has 26 heavy (non-hydrogen) atoms. The molecule has 1 spiro atoms. The molecule has 0 aromatic carbocycles. The molecule has 1 aromatic heterocycles. The third-order valence-corrected chi connectivity index (χ3v) is 6.62. The third kappa shape index (κ3) is 3.36. The zero-order valence-corrected chi connectivity index (χ0v) is 15.3. The van der Waals surface area contributed by atoms with Crippen molar-refractivity contribution in [2.75, 3.05) is 13.1 Å². The number of carbonyl (C=O) groups excluding carboxylic acids is 1. The average Bonchev–Trinajstić information content (AvgIpc) is 3.15. The lowest BCUT2D eigenvalue weighted by atomic mass is 9.76. The van der Waals surface area contributed by atoms with Crippen molar-refractivity contribution in [3.05, 3.63) is 29.6 Å². The Morgan fingerprint density at radius 2 is 2.19 bits per heavy atom. The molecular formula is C20H27F2N3O. The minimum absolute atomic E-state index is 0.00105. The number of pyridine rings is 1. The van der Waals surface area contributed by atoms with Crippen LogP contribution in [0.5, 0.6) is 0 Å². The Hall–Kier alpha value is -1.56. The summed E-state index contributed by atoms with van der Waals surface area (Å²) in [6.07, 6.45) is 5.42. The molecule has 2 saturated carbocycles. The van der Waals surface area contributed by atoms with Crippen LogP contribution in [-0.2, 0) is 11.3 Å². The van der Waals surface area contributed by atoms with E-state index in [4.69, 9.17) is 0 Å². The number of amides is 1. The first-order valence-corrected chi connectivity index (χ1v) is 9.68. The molecule has 3 aliphatic rings. The fraction of sp³-hybridized carbons (Fsp3) is 0.700. The van der Waals surface area contributed by atoms with Crippen molar-refractivity contribution < 1.29 is 13.6 Å². The Bertz CT molecular complexity index is 687. The highest BCUT2D eigenvalue weighted by Gasteiger charge is 2.52. The number of rotatable bonds is 4. The maximum absolute atomic E-state index is 13.0. The van der Waals surface area contributed by atoms with E-state index in [2.05, 4.69) is 28.2 Å². The summed E-state index contributed by atoms with van der Waals surface area (Å²) in [6.45, 7) is 4.77. The monoisotopic (exact) mass is 363 g/mol. The van der Waals surface area contributed by atoms with E-state index in [-0.39, 0.29) is 36.1 Å². The Kier molecular flexibility index (Phi) is 4.49. The van der Waals surface area contributed by atoms with Gasteiger partial charge in [-0.25, -0.2) is 8.78 Å². The summed E-state index contributed by atoms with van der Waals surface area (Å²) >= 11 is 0. The summed E-state index contributed by atoms with van der Waals surface area (Å²) < 4.78 is 26.1. The molecule has 6 heteroatoms. The molecule has 2 unspecified atom stereocenters. The van der Waals surface area contributed by atoms with E-state index in [0.29, 0.717) is 0 Å². The van der Waals surface area contributed by atoms with Gasteiger partial charge in [-0.2, -0.15) is 0 Å². The van der Waals surface area contributed by atoms with Crippen LogP contribution in [0.1, 0.15) is 49.8 Å². The third-order valence-electron chi connectivity index (χ3n) is 6.62. The van der Waals surface area contributed by atoms with Crippen molar-refractivity contribution >= 4 is 5.91 Å². The zero-order valence-electron chi connectivity index (χ0n) is 15.3. The van der Waals surface area contributed by atoms with E-state index in [1.165, 1.54) is 5.56 Å². The topological polar surface area (TPSA) is 45.2 Å². The number of likely N-dealkylation sites (tertiary alicyclic amines) is 1. The standard InChI is InChI=1S/C20H27F2N3O/c1-14-4-3-8-23-17(14)12-25-9-7-19(13-25)6-2-5-16(19)18(26)24-15-10-20(21,22)11-15/h3-4,8,15-16H,2,5-7,9-13H2,1H3,(H,24,26). The Balaban J connectivity index is 1.38.